The topological polar surface area (TPSA) is 104 Å². The van der Waals surface area contributed by atoms with Crippen LogP contribution >= 0.6 is 0 Å². The summed E-state index contributed by atoms with van der Waals surface area (Å²) in [5.41, 5.74) is 0. The number of rotatable bonds is 7. The number of aliphatic hydroxyl groups excluding tert-OH is 3. The van der Waals surface area contributed by atoms with Gasteiger partial charge in [-0.15, -0.1) is 0 Å². The zero-order valence-corrected chi connectivity index (χ0v) is 8.24. The minimum atomic E-state index is -1.41. The van der Waals surface area contributed by atoms with Crippen LogP contribution in [0.15, 0.2) is 0 Å². The zero-order valence-electron chi connectivity index (χ0n) is 8.24. The van der Waals surface area contributed by atoms with Gasteiger partial charge in [0.25, 0.3) is 0 Å². The van der Waals surface area contributed by atoms with Crippen LogP contribution in [0.1, 0.15) is 19.8 Å². The summed E-state index contributed by atoms with van der Waals surface area (Å²) in [6.07, 6.45) is -3.32. The van der Waals surface area contributed by atoms with Crippen molar-refractivity contribution in [3.63, 3.8) is 0 Å². The van der Waals surface area contributed by atoms with E-state index in [1.54, 1.807) is 0 Å². The quantitative estimate of drug-likeness (QED) is 0.311. The molecule has 0 aliphatic carbocycles. The summed E-state index contributed by atoms with van der Waals surface area (Å²) in [4.78, 5) is 1.53. The van der Waals surface area contributed by atoms with Crippen LogP contribution in [0, 0.1) is 0 Å². The molecule has 0 heterocycles. The molecular weight excluding hydrogens is 190 g/mol. The van der Waals surface area contributed by atoms with Gasteiger partial charge < -0.3 is 25.5 Å². The molecule has 0 spiro atoms. The van der Waals surface area contributed by atoms with E-state index in [2.05, 4.69) is 0 Å². The summed E-state index contributed by atoms with van der Waals surface area (Å²) >= 11 is 0. The van der Waals surface area contributed by atoms with Crippen LogP contribution in [-0.4, -0.2) is 62.3 Å². The molecular formula is C8H19NO5. The minimum absolute atomic E-state index is 0.117. The van der Waals surface area contributed by atoms with E-state index in [0.29, 0.717) is 13.1 Å². The second kappa shape index (κ2) is 7.10. The van der Waals surface area contributed by atoms with E-state index < -0.39 is 18.8 Å². The summed E-state index contributed by atoms with van der Waals surface area (Å²) in [5, 5.41) is 43.7. The molecule has 0 amide bonds. The Morgan fingerprint density at radius 1 is 0.857 bits per heavy atom. The maximum Gasteiger partial charge on any atom is 0.152 e. The molecule has 0 aliphatic rings. The largest absolute Gasteiger partial charge is 0.379 e. The fourth-order valence-corrected chi connectivity index (χ4v) is 1.05. The minimum Gasteiger partial charge on any atom is -0.379 e. The van der Waals surface area contributed by atoms with Crippen molar-refractivity contribution in [3.05, 3.63) is 0 Å². The molecule has 0 radical (unpaired) electrons. The van der Waals surface area contributed by atoms with Gasteiger partial charge >= 0.3 is 0 Å². The van der Waals surface area contributed by atoms with Crippen molar-refractivity contribution < 1.29 is 25.5 Å². The number of hydrogen-bond donors (Lipinski definition) is 5. The Balaban J connectivity index is 3.78. The maximum absolute atomic E-state index is 9.24. The Hall–Kier alpha value is -0.240. The lowest BCUT2D eigenvalue weighted by atomic mass is 10.3. The maximum atomic E-state index is 9.24. The summed E-state index contributed by atoms with van der Waals surface area (Å²) < 4.78 is 0. The van der Waals surface area contributed by atoms with Gasteiger partial charge in [0.1, 0.15) is 6.23 Å². The van der Waals surface area contributed by atoms with Crippen molar-refractivity contribution in [2.24, 2.45) is 0 Å². The van der Waals surface area contributed by atoms with Gasteiger partial charge in [-0.1, -0.05) is 0 Å². The number of hydrogen-bond acceptors (Lipinski definition) is 6. The zero-order chi connectivity index (χ0) is 11.1. The average Bonchev–Trinajstić information content (AvgIpc) is 2.02. The fraction of sp³-hybridized carbons (Fsp3) is 1.00. The van der Waals surface area contributed by atoms with E-state index in [4.69, 9.17) is 20.4 Å². The molecule has 0 rings (SSSR count). The molecule has 86 valence electrons. The Bertz CT molecular complexity index is 128. The highest BCUT2D eigenvalue weighted by molar-refractivity contribution is 4.59. The predicted octanol–water partition coefficient (Wildman–Crippen LogP) is -1.97. The first-order valence-electron chi connectivity index (χ1n) is 4.58. The molecule has 0 aromatic heterocycles. The third kappa shape index (κ3) is 7.19. The Labute approximate surface area is 83.0 Å². The van der Waals surface area contributed by atoms with E-state index in [1.165, 1.54) is 11.8 Å². The SMILES string of the molecule is CC(O)N(CCC(O)O)CCC(O)O. The second-order valence-corrected chi connectivity index (χ2v) is 3.21. The molecule has 0 aromatic carbocycles. The molecule has 5 N–H and O–H groups in total. The molecule has 14 heavy (non-hydrogen) atoms. The van der Waals surface area contributed by atoms with Crippen molar-refractivity contribution in [2.75, 3.05) is 13.1 Å². The Morgan fingerprint density at radius 2 is 1.21 bits per heavy atom. The predicted molar refractivity (Wildman–Crippen MR) is 48.9 cm³/mol. The molecule has 0 saturated heterocycles. The average molecular weight is 209 g/mol. The lowest BCUT2D eigenvalue weighted by Gasteiger charge is -2.25. The highest BCUT2D eigenvalue weighted by Crippen LogP contribution is 2.02. The normalized spacial score (nSPS) is 14.4. The van der Waals surface area contributed by atoms with Crippen molar-refractivity contribution in [2.45, 2.75) is 38.6 Å². The molecule has 6 nitrogen and oxygen atoms in total. The smallest absolute Gasteiger partial charge is 0.152 e. The van der Waals surface area contributed by atoms with E-state index >= 15 is 0 Å². The molecule has 0 aromatic rings. The molecule has 1 atom stereocenters. The lowest BCUT2D eigenvalue weighted by Crippen LogP contribution is -2.37. The third-order valence-corrected chi connectivity index (χ3v) is 1.88. The van der Waals surface area contributed by atoms with Gasteiger partial charge in [-0.2, -0.15) is 0 Å². The van der Waals surface area contributed by atoms with Crippen molar-refractivity contribution in [1.82, 2.24) is 4.90 Å². The first-order chi connectivity index (χ1) is 6.43. The Morgan fingerprint density at radius 3 is 1.43 bits per heavy atom. The molecule has 0 aliphatic heterocycles. The first-order valence-corrected chi connectivity index (χ1v) is 4.58. The van der Waals surface area contributed by atoms with Crippen LogP contribution in [0.2, 0.25) is 0 Å². The third-order valence-electron chi connectivity index (χ3n) is 1.88. The van der Waals surface area contributed by atoms with Crippen molar-refractivity contribution >= 4 is 0 Å². The van der Waals surface area contributed by atoms with Crippen LogP contribution in [0.4, 0.5) is 0 Å². The summed E-state index contributed by atoms with van der Waals surface area (Å²) in [6, 6.07) is 0. The highest BCUT2D eigenvalue weighted by atomic mass is 16.5. The van der Waals surface area contributed by atoms with E-state index in [1.807, 2.05) is 0 Å². The highest BCUT2D eigenvalue weighted by Gasteiger charge is 2.13. The number of nitrogens with zero attached hydrogens (tertiary/aromatic N) is 1. The van der Waals surface area contributed by atoms with Gasteiger partial charge in [0.2, 0.25) is 0 Å². The Kier molecular flexibility index (Phi) is 6.98. The van der Waals surface area contributed by atoms with Crippen LogP contribution in [0.3, 0.4) is 0 Å². The standard InChI is InChI=1S/C8H19NO5/c1-6(10)9(4-2-7(11)12)5-3-8(13)14/h6-8,10-14H,2-5H2,1H3. The van der Waals surface area contributed by atoms with Crippen LogP contribution in [0.5, 0.6) is 0 Å². The fourth-order valence-electron chi connectivity index (χ4n) is 1.05. The van der Waals surface area contributed by atoms with Gasteiger partial charge in [0, 0.05) is 25.9 Å². The van der Waals surface area contributed by atoms with Crippen molar-refractivity contribution in [1.29, 1.82) is 0 Å². The van der Waals surface area contributed by atoms with Gasteiger partial charge in [-0.3, -0.25) is 4.90 Å². The molecule has 0 bridgehead atoms. The van der Waals surface area contributed by atoms with Gasteiger partial charge in [-0.05, 0) is 6.92 Å². The summed E-state index contributed by atoms with van der Waals surface area (Å²) in [6.45, 7) is 2.12. The lowest BCUT2D eigenvalue weighted by molar-refractivity contribution is -0.0772. The number of aliphatic hydroxyl groups is 5. The summed E-state index contributed by atoms with van der Waals surface area (Å²) in [5.74, 6) is 0. The van der Waals surface area contributed by atoms with Gasteiger partial charge in [-0.25, -0.2) is 0 Å². The van der Waals surface area contributed by atoms with Crippen LogP contribution in [-0.2, 0) is 0 Å². The van der Waals surface area contributed by atoms with E-state index in [0.717, 1.165) is 0 Å². The monoisotopic (exact) mass is 209 g/mol. The molecule has 0 fully saturated rings. The van der Waals surface area contributed by atoms with E-state index in [9.17, 15) is 5.11 Å². The van der Waals surface area contributed by atoms with E-state index in [-0.39, 0.29) is 12.8 Å². The van der Waals surface area contributed by atoms with Gasteiger partial charge in [0.15, 0.2) is 12.6 Å². The molecule has 0 saturated carbocycles. The second-order valence-electron chi connectivity index (χ2n) is 3.21. The first kappa shape index (κ1) is 13.8. The van der Waals surface area contributed by atoms with Crippen molar-refractivity contribution in [3.8, 4) is 0 Å². The molecule has 6 heteroatoms. The van der Waals surface area contributed by atoms with Crippen LogP contribution < -0.4 is 0 Å². The van der Waals surface area contributed by atoms with Gasteiger partial charge in [0.05, 0.1) is 0 Å². The van der Waals surface area contributed by atoms with Crippen LogP contribution in [0.25, 0.3) is 0 Å². The molecule has 1 unspecified atom stereocenters. The summed E-state index contributed by atoms with van der Waals surface area (Å²) in [7, 11) is 0.